The third-order valence-corrected chi connectivity index (χ3v) is 6.99. The van der Waals surface area contributed by atoms with Crippen molar-refractivity contribution in [3.05, 3.63) is 70.6 Å². The zero-order chi connectivity index (χ0) is 21.7. The molecule has 158 valence electrons. The van der Waals surface area contributed by atoms with E-state index in [9.17, 15) is 13.2 Å². The molecule has 0 saturated heterocycles. The predicted octanol–water partition coefficient (Wildman–Crippen LogP) is 3.20. The average molecular weight is 467 g/mol. The Hall–Kier alpha value is -2.40. The molecule has 0 saturated carbocycles. The Morgan fingerprint density at radius 3 is 2.40 bits per heavy atom. The SMILES string of the molecule is CN(C)S(=O)(=O)c1ccc(C(=O)NCc2nnc(SCc3ccc(Cl)cc3)o2)cc1. The summed E-state index contributed by atoms with van der Waals surface area (Å²) in [5.41, 5.74) is 1.39. The molecular formula is C19H19ClN4O4S2. The molecule has 0 aliphatic rings. The number of sulfonamides is 1. The topological polar surface area (TPSA) is 105 Å². The number of nitrogens with one attached hydrogen (secondary N) is 1. The molecule has 3 aromatic rings. The van der Waals surface area contributed by atoms with E-state index in [1.54, 1.807) is 0 Å². The lowest BCUT2D eigenvalue weighted by atomic mass is 10.2. The summed E-state index contributed by atoms with van der Waals surface area (Å²) in [6.07, 6.45) is 0. The van der Waals surface area contributed by atoms with Crippen molar-refractivity contribution in [1.82, 2.24) is 19.8 Å². The molecule has 0 radical (unpaired) electrons. The molecular weight excluding hydrogens is 448 g/mol. The summed E-state index contributed by atoms with van der Waals surface area (Å²) < 4.78 is 30.8. The van der Waals surface area contributed by atoms with Gasteiger partial charge >= 0.3 is 0 Å². The lowest BCUT2D eigenvalue weighted by Crippen LogP contribution is -2.24. The van der Waals surface area contributed by atoms with E-state index in [1.807, 2.05) is 24.3 Å². The van der Waals surface area contributed by atoms with Crippen molar-refractivity contribution in [3.63, 3.8) is 0 Å². The second-order valence-corrected chi connectivity index (χ2v) is 9.89. The molecule has 1 heterocycles. The van der Waals surface area contributed by atoms with Gasteiger partial charge in [-0.05, 0) is 42.0 Å². The summed E-state index contributed by atoms with van der Waals surface area (Å²) in [5.74, 6) is 0.541. The van der Waals surface area contributed by atoms with Crippen molar-refractivity contribution in [1.29, 1.82) is 0 Å². The number of hydrogen-bond donors (Lipinski definition) is 1. The monoisotopic (exact) mass is 466 g/mol. The van der Waals surface area contributed by atoms with Gasteiger partial charge in [0.2, 0.25) is 15.9 Å². The standard InChI is InChI=1S/C19H19ClN4O4S2/c1-24(2)30(26,27)16-9-5-14(6-10-16)18(25)21-11-17-22-23-19(28-17)29-12-13-3-7-15(20)8-4-13/h3-10H,11-12H2,1-2H3,(H,21,25). The number of amides is 1. The van der Waals surface area contributed by atoms with Crippen LogP contribution in [0.3, 0.4) is 0 Å². The van der Waals surface area contributed by atoms with Crippen molar-refractivity contribution < 1.29 is 17.6 Å². The van der Waals surface area contributed by atoms with Crippen LogP contribution in [0.2, 0.25) is 5.02 Å². The van der Waals surface area contributed by atoms with Crippen LogP contribution in [0.1, 0.15) is 21.8 Å². The highest BCUT2D eigenvalue weighted by Gasteiger charge is 2.17. The van der Waals surface area contributed by atoms with Crippen molar-refractivity contribution in [2.75, 3.05) is 14.1 Å². The first-order valence-corrected chi connectivity index (χ1v) is 11.6. The van der Waals surface area contributed by atoms with Crippen LogP contribution >= 0.6 is 23.4 Å². The molecule has 0 fully saturated rings. The fourth-order valence-corrected chi connectivity index (χ4v) is 4.10. The second kappa shape index (κ2) is 9.61. The van der Waals surface area contributed by atoms with Crippen LogP contribution in [0.15, 0.2) is 63.1 Å². The minimum atomic E-state index is -3.54. The first kappa shape index (κ1) is 22.3. The number of halogens is 1. The van der Waals surface area contributed by atoms with Crippen LogP contribution in [0, 0.1) is 0 Å². The quantitative estimate of drug-likeness (QED) is 0.508. The fourth-order valence-electron chi connectivity index (χ4n) is 2.34. The Kier molecular flexibility index (Phi) is 7.14. The molecule has 30 heavy (non-hydrogen) atoms. The molecule has 1 amide bonds. The van der Waals surface area contributed by atoms with E-state index in [1.165, 1.54) is 50.1 Å². The number of carbonyl (C=O) groups is 1. The Bertz CT molecular complexity index is 1110. The van der Waals surface area contributed by atoms with Crippen LogP contribution in [-0.4, -0.2) is 42.9 Å². The fraction of sp³-hybridized carbons (Fsp3) is 0.211. The van der Waals surface area contributed by atoms with E-state index in [-0.39, 0.29) is 23.2 Å². The van der Waals surface area contributed by atoms with Gasteiger partial charge in [-0.15, -0.1) is 10.2 Å². The predicted molar refractivity (Wildman–Crippen MR) is 114 cm³/mol. The lowest BCUT2D eigenvalue weighted by Gasteiger charge is -2.11. The van der Waals surface area contributed by atoms with Gasteiger partial charge in [0.1, 0.15) is 0 Å². The van der Waals surface area contributed by atoms with Crippen molar-refractivity contribution in [2.45, 2.75) is 22.4 Å². The maximum absolute atomic E-state index is 12.3. The molecule has 1 aromatic heterocycles. The van der Waals surface area contributed by atoms with Gasteiger partial charge < -0.3 is 9.73 Å². The zero-order valence-corrected chi connectivity index (χ0v) is 18.6. The van der Waals surface area contributed by atoms with Crippen LogP contribution in [0.5, 0.6) is 0 Å². The molecule has 0 atom stereocenters. The largest absolute Gasteiger partial charge is 0.414 e. The third-order valence-electron chi connectivity index (χ3n) is 4.02. The Morgan fingerprint density at radius 2 is 1.77 bits per heavy atom. The summed E-state index contributed by atoms with van der Waals surface area (Å²) >= 11 is 7.25. The van der Waals surface area contributed by atoms with Crippen LogP contribution in [0.4, 0.5) is 0 Å². The normalized spacial score (nSPS) is 11.6. The smallest absolute Gasteiger partial charge is 0.276 e. The maximum atomic E-state index is 12.3. The number of nitrogens with zero attached hydrogens (tertiary/aromatic N) is 3. The number of thioether (sulfide) groups is 1. The molecule has 11 heteroatoms. The summed E-state index contributed by atoms with van der Waals surface area (Å²) in [6.45, 7) is 0.0606. The minimum absolute atomic E-state index is 0.0606. The highest BCUT2D eigenvalue weighted by Crippen LogP contribution is 2.22. The number of carbonyl (C=O) groups excluding carboxylic acids is 1. The van der Waals surface area contributed by atoms with Gasteiger partial charge in [0, 0.05) is 30.4 Å². The van der Waals surface area contributed by atoms with Crippen LogP contribution < -0.4 is 5.32 Å². The van der Waals surface area contributed by atoms with E-state index in [0.717, 1.165) is 9.87 Å². The van der Waals surface area contributed by atoms with Gasteiger partial charge in [0.05, 0.1) is 11.4 Å². The number of rotatable bonds is 8. The van der Waals surface area contributed by atoms with E-state index in [0.29, 0.717) is 21.6 Å². The van der Waals surface area contributed by atoms with Crippen LogP contribution in [-0.2, 0) is 22.3 Å². The van der Waals surface area contributed by atoms with Gasteiger partial charge in [-0.1, -0.05) is 35.5 Å². The number of benzene rings is 2. The molecule has 0 bridgehead atoms. The molecule has 3 rings (SSSR count). The summed E-state index contributed by atoms with van der Waals surface area (Å²) in [5, 5.41) is 11.6. The van der Waals surface area contributed by atoms with Crippen LogP contribution in [0.25, 0.3) is 0 Å². The molecule has 2 aromatic carbocycles. The van der Waals surface area contributed by atoms with E-state index in [4.69, 9.17) is 16.0 Å². The van der Waals surface area contributed by atoms with E-state index >= 15 is 0 Å². The molecule has 0 unspecified atom stereocenters. The zero-order valence-electron chi connectivity index (χ0n) is 16.2. The first-order valence-electron chi connectivity index (χ1n) is 8.76. The highest BCUT2D eigenvalue weighted by atomic mass is 35.5. The molecule has 0 aliphatic carbocycles. The minimum Gasteiger partial charge on any atom is -0.414 e. The molecule has 1 N–H and O–H groups in total. The Balaban J connectivity index is 1.53. The van der Waals surface area contributed by atoms with Gasteiger partial charge in [-0.25, -0.2) is 12.7 Å². The summed E-state index contributed by atoms with van der Waals surface area (Å²) in [4.78, 5) is 12.4. The van der Waals surface area contributed by atoms with Crippen molar-refractivity contribution in [2.24, 2.45) is 0 Å². The van der Waals surface area contributed by atoms with Gasteiger partial charge in [0.15, 0.2) is 0 Å². The Morgan fingerprint density at radius 1 is 1.10 bits per heavy atom. The van der Waals surface area contributed by atoms with Gasteiger partial charge in [0.25, 0.3) is 11.1 Å². The van der Waals surface area contributed by atoms with Gasteiger partial charge in [-0.2, -0.15) is 0 Å². The number of hydrogen-bond acceptors (Lipinski definition) is 7. The highest BCUT2D eigenvalue weighted by molar-refractivity contribution is 7.98. The van der Waals surface area contributed by atoms with Crippen molar-refractivity contribution in [3.8, 4) is 0 Å². The second-order valence-electron chi connectivity index (χ2n) is 6.37. The van der Waals surface area contributed by atoms with Gasteiger partial charge in [-0.3, -0.25) is 4.79 Å². The maximum Gasteiger partial charge on any atom is 0.276 e. The first-order chi connectivity index (χ1) is 14.3. The van der Waals surface area contributed by atoms with E-state index in [2.05, 4.69) is 15.5 Å². The van der Waals surface area contributed by atoms with E-state index < -0.39 is 10.0 Å². The summed E-state index contributed by atoms with van der Waals surface area (Å²) in [7, 11) is -0.647. The molecule has 8 nitrogen and oxygen atoms in total. The lowest BCUT2D eigenvalue weighted by molar-refractivity contribution is 0.0946. The Labute approximate surface area is 183 Å². The van der Waals surface area contributed by atoms with Crippen molar-refractivity contribution >= 4 is 39.3 Å². The molecule has 0 aliphatic heterocycles. The average Bonchev–Trinajstić information content (AvgIpc) is 3.19. The third kappa shape index (κ3) is 5.60. The summed E-state index contributed by atoms with van der Waals surface area (Å²) in [6, 6.07) is 13.2. The number of aromatic nitrogens is 2. The molecule has 0 spiro atoms.